The van der Waals surface area contributed by atoms with Gasteiger partial charge in [0, 0.05) is 32.1 Å². The molecule has 2 amide bonds. The van der Waals surface area contributed by atoms with Crippen LogP contribution in [0.3, 0.4) is 0 Å². The lowest BCUT2D eigenvalue weighted by Gasteiger charge is -2.28. The molecule has 0 aromatic carbocycles. The lowest BCUT2D eigenvalue weighted by molar-refractivity contribution is 0.0770. The average molecular weight is 436 g/mol. The summed E-state index contributed by atoms with van der Waals surface area (Å²) in [4.78, 5) is 39.9. The molecule has 1 N–H and O–H groups in total. The number of nitriles is 1. The zero-order valence-corrected chi connectivity index (χ0v) is 18.0. The van der Waals surface area contributed by atoms with Gasteiger partial charge in [-0.05, 0) is 18.9 Å². The fourth-order valence-corrected chi connectivity index (χ4v) is 4.81. The second-order valence-corrected chi connectivity index (χ2v) is 8.42. The smallest absolute Gasteiger partial charge is 0.410 e. The molecular weight excluding hydrogens is 412 g/mol. The van der Waals surface area contributed by atoms with Crippen molar-refractivity contribution in [2.45, 2.75) is 44.9 Å². The van der Waals surface area contributed by atoms with E-state index in [0.717, 1.165) is 5.56 Å². The molecule has 0 saturated carbocycles. The first kappa shape index (κ1) is 20.2. The summed E-state index contributed by atoms with van der Waals surface area (Å²) in [6, 6.07) is 3.54. The van der Waals surface area contributed by atoms with E-state index in [4.69, 9.17) is 4.74 Å². The average Bonchev–Trinajstić information content (AvgIpc) is 3.57. The van der Waals surface area contributed by atoms with E-state index in [1.54, 1.807) is 22.1 Å². The van der Waals surface area contributed by atoms with Gasteiger partial charge < -0.3 is 14.5 Å². The Kier molecular flexibility index (Phi) is 4.92. The number of nitrogens with zero attached hydrogens (tertiary/aromatic N) is 7. The molecule has 2 aromatic rings. The zero-order valence-electron chi connectivity index (χ0n) is 18.0. The van der Waals surface area contributed by atoms with E-state index in [1.165, 1.54) is 0 Å². The van der Waals surface area contributed by atoms with Gasteiger partial charge in [-0.15, -0.1) is 0 Å². The first-order valence-corrected chi connectivity index (χ1v) is 10.8. The van der Waals surface area contributed by atoms with Gasteiger partial charge in [-0.25, -0.2) is 14.8 Å². The minimum atomic E-state index is -0.327. The van der Waals surface area contributed by atoms with Gasteiger partial charge in [0.1, 0.15) is 35.2 Å². The third-order valence-corrected chi connectivity index (χ3v) is 6.46. The molecule has 1 unspecified atom stereocenters. The number of carbonyl (C=O) groups is 2. The molecule has 166 valence electrons. The van der Waals surface area contributed by atoms with E-state index < -0.39 is 0 Å². The van der Waals surface area contributed by atoms with Crippen molar-refractivity contribution in [2.24, 2.45) is 0 Å². The van der Waals surface area contributed by atoms with E-state index in [2.05, 4.69) is 26.2 Å². The Labute approximate surface area is 185 Å². The Bertz CT molecular complexity index is 1110. The number of hydrogen-bond donors (Lipinski definition) is 1. The molecule has 5 heterocycles. The van der Waals surface area contributed by atoms with E-state index in [1.807, 2.05) is 18.7 Å². The molecule has 2 aromatic heterocycles. The van der Waals surface area contributed by atoms with Crippen LogP contribution in [0.1, 0.15) is 40.9 Å². The number of aromatic amines is 1. The summed E-state index contributed by atoms with van der Waals surface area (Å²) in [6.07, 6.45) is 2.36. The number of H-pyrrole nitrogens is 1. The highest BCUT2D eigenvalue weighted by Gasteiger charge is 2.51. The zero-order chi connectivity index (χ0) is 22.4. The maximum absolute atomic E-state index is 12.8. The molecule has 3 fully saturated rings. The third kappa shape index (κ3) is 3.32. The maximum atomic E-state index is 12.8. The van der Waals surface area contributed by atoms with Crippen LogP contribution in [-0.2, 0) is 11.2 Å². The topological polar surface area (TPSA) is 131 Å². The summed E-state index contributed by atoms with van der Waals surface area (Å²) in [5.74, 6) is 1.19. The van der Waals surface area contributed by atoms with E-state index in [0.29, 0.717) is 62.1 Å². The molecule has 3 atom stereocenters. The highest BCUT2D eigenvalue weighted by molar-refractivity contribution is 5.93. The van der Waals surface area contributed by atoms with Gasteiger partial charge in [-0.3, -0.25) is 14.8 Å². The van der Waals surface area contributed by atoms with Crippen molar-refractivity contribution < 1.29 is 14.3 Å². The number of rotatable bonds is 4. The van der Waals surface area contributed by atoms with Crippen molar-refractivity contribution in [1.29, 1.82) is 5.26 Å². The quantitative estimate of drug-likeness (QED) is 0.747. The van der Waals surface area contributed by atoms with Crippen molar-refractivity contribution in [3.05, 3.63) is 35.0 Å². The summed E-state index contributed by atoms with van der Waals surface area (Å²) in [7, 11) is 0. The summed E-state index contributed by atoms with van der Waals surface area (Å²) in [6.45, 7) is 5.90. The number of hydrogen-bond acceptors (Lipinski definition) is 8. The SMILES string of the molecule is CCc1nc(C#N)cc(N2C[C@@H]3OC(=O)N(C4CCN(C(=O)c5[nH]ncc5C)C4)[C@@H]3C2)n1. The van der Waals surface area contributed by atoms with E-state index in [9.17, 15) is 14.9 Å². The van der Waals surface area contributed by atoms with Gasteiger partial charge in [0.15, 0.2) is 0 Å². The number of likely N-dealkylation sites (tertiary alicyclic amines) is 1. The number of carbonyl (C=O) groups excluding carboxylic acids is 2. The van der Waals surface area contributed by atoms with Gasteiger partial charge >= 0.3 is 6.09 Å². The number of anilines is 1. The number of nitrogens with one attached hydrogen (secondary N) is 1. The highest BCUT2D eigenvalue weighted by Crippen LogP contribution is 2.33. The predicted octanol–water partition coefficient (Wildman–Crippen LogP) is 0.866. The van der Waals surface area contributed by atoms with Gasteiger partial charge in [0.25, 0.3) is 5.91 Å². The number of ether oxygens (including phenoxy) is 1. The fourth-order valence-electron chi connectivity index (χ4n) is 4.81. The molecule has 0 aliphatic carbocycles. The Morgan fingerprint density at radius 2 is 2.19 bits per heavy atom. The van der Waals surface area contributed by atoms with Gasteiger partial charge in [0.2, 0.25) is 0 Å². The van der Waals surface area contributed by atoms with Crippen LogP contribution >= 0.6 is 0 Å². The molecule has 0 radical (unpaired) electrons. The molecule has 5 rings (SSSR count). The molecule has 0 bridgehead atoms. The normalized spacial score (nSPS) is 24.6. The summed E-state index contributed by atoms with van der Waals surface area (Å²) < 4.78 is 5.68. The van der Waals surface area contributed by atoms with E-state index in [-0.39, 0.29) is 30.2 Å². The van der Waals surface area contributed by atoms with Crippen molar-refractivity contribution in [1.82, 2.24) is 30.0 Å². The summed E-state index contributed by atoms with van der Waals surface area (Å²) in [5.41, 5.74) is 1.62. The predicted molar refractivity (Wildman–Crippen MR) is 112 cm³/mol. The molecular formula is C21H24N8O3. The number of amides is 2. The van der Waals surface area contributed by atoms with Crippen LogP contribution in [0.25, 0.3) is 0 Å². The summed E-state index contributed by atoms with van der Waals surface area (Å²) in [5, 5.41) is 16.0. The van der Waals surface area contributed by atoms with Crippen LogP contribution in [0.4, 0.5) is 10.6 Å². The van der Waals surface area contributed by atoms with Crippen molar-refractivity contribution in [3.8, 4) is 6.07 Å². The molecule has 3 saturated heterocycles. The van der Waals surface area contributed by atoms with Crippen LogP contribution in [0.15, 0.2) is 12.3 Å². The van der Waals surface area contributed by atoms with Crippen molar-refractivity contribution in [2.75, 3.05) is 31.1 Å². The van der Waals surface area contributed by atoms with Crippen molar-refractivity contribution >= 4 is 17.8 Å². The lowest BCUT2D eigenvalue weighted by atomic mass is 10.1. The molecule has 11 heteroatoms. The Morgan fingerprint density at radius 3 is 2.91 bits per heavy atom. The van der Waals surface area contributed by atoms with Gasteiger partial charge in [-0.1, -0.05) is 6.92 Å². The van der Waals surface area contributed by atoms with Gasteiger partial charge in [-0.2, -0.15) is 10.4 Å². The molecule has 3 aliphatic heterocycles. The van der Waals surface area contributed by atoms with Crippen LogP contribution in [0.2, 0.25) is 0 Å². The van der Waals surface area contributed by atoms with Crippen LogP contribution in [0, 0.1) is 18.3 Å². The van der Waals surface area contributed by atoms with Crippen LogP contribution in [0.5, 0.6) is 0 Å². The number of aryl methyl sites for hydroxylation is 2. The molecule has 3 aliphatic rings. The second-order valence-electron chi connectivity index (χ2n) is 8.42. The molecule has 0 spiro atoms. The largest absolute Gasteiger partial charge is 0.442 e. The lowest BCUT2D eigenvalue weighted by Crippen LogP contribution is -2.46. The summed E-state index contributed by atoms with van der Waals surface area (Å²) >= 11 is 0. The first-order chi connectivity index (χ1) is 15.5. The van der Waals surface area contributed by atoms with Crippen molar-refractivity contribution in [3.63, 3.8) is 0 Å². The Balaban J connectivity index is 1.31. The number of aromatic nitrogens is 4. The molecule has 11 nitrogen and oxygen atoms in total. The monoisotopic (exact) mass is 436 g/mol. The minimum absolute atomic E-state index is 0.100. The standard InChI is InChI=1S/C21H24N8O3/c1-3-17-24-13(7-22)6-18(25-17)28-10-15-16(11-28)32-21(31)29(15)14-4-5-27(9-14)20(30)19-12(2)8-23-26-19/h6,8,14-16H,3-5,9-11H2,1-2H3,(H,23,26)/t14?,15-,16+/m1/s1. The fraction of sp³-hybridized carbons (Fsp3) is 0.524. The van der Waals surface area contributed by atoms with E-state index >= 15 is 0 Å². The third-order valence-electron chi connectivity index (χ3n) is 6.46. The second kappa shape index (κ2) is 7.78. The maximum Gasteiger partial charge on any atom is 0.410 e. The minimum Gasteiger partial charge on any atom is -0.442 e. The first-order valence-electron chi connectivity index (χ1n) is 10.8. The molecule has 32 heavy (non-hydrogen) atoms. The Morgan fingerprint density at radius 1 is 1.34 bits per heavy atom. The highest BCUT2D eigenvalue weighted by atomic mass is 16.6. The Hall–Kier alpha value is -3.68. The van der Waals surface area contributed by atoms with Crippen LogP contribution in [-0.4, -0.2) is 86.3 Å². The van der Waals surface area contributed by atoms with Crippen LogP contribution < -0.4 is 4.90 Å². The number of fused-ring (bicyclic) bond motifs is 1. The van der Waals surface area contributed by atoms with Gasteiger partial charge in [0.05, 0.1) is 24.8 Å².